The summed E-state index contributed by atoms with van der Waals surface area (Å²) in [6.45, 7) is 0. The molecule has 0 bridgehead atoms. The minimum absolute atomic E-state index is 0.273. The number of nitriles is 1. The molecule has 98 valence electrons. The fourth-order valence-electron chi connectivity index (χ4n) is 2.24. The molecule has 0 aliphatic heterocycles. The van der Waals surface area contributed by atoms with E-state index >= 15 is 0 Å². The van der Waals surface area contributed by atoms with Crippen molar-refractivity contribution >= 4 is 39.3 Å². The number of imidazole rings is 1. The zero-order valence-electron chi connectivity index (χ0n) is 10.5. The van der Waals surface area contributed by atoms with Crippen LogP contribution < -0.4 is 5.73 Å². The average Bonchev–Trinajstić information content (AvgIpc) is 2.78. The first-order valence-corrected chi connectivity index (χ1v) is 7.17. The minimum atomic E-state index is 0.273. The van der Waals surface area contributed by atoms with Gasteiger partial charge in [0.15, 0.2) is 0 Å². The van der Waals surface area contributed by atoms with Gasteiger partial charge in [0.05, 0.1) is 29.2 Å². The molecule has 0 spiro atoms. The molecular weight excluding hydrogens is 363 g/mol. The Kier molecular flexibility index (Phi) is 3.32. The molecule has 0 aliphatic carbocycles. The second kappa shape index (κ2) is 5.13. The fourth-order valence-corrected chi connectivity index (χ4v) is 3.02. The van der Waals surface area contributed by atoms with Crippen molar-refractivity contribution in [3.8, 4) is 11.8 Å². The third-order valence-corrected chi connectivity index (χ3v) is 3.94. The number of para-hydroxylation sites is 2. The van der Waals surface area contributed by atoms with E-state index in [-0.39, 0.29) is 6.42 Å². The van der Waals surface area contributed by atoms with E-state index in [1.807, 2.05) is 47.0 Å². The Morgan fingerprint density at radius 2 is 2.05 bits per heavy atom. The normalized spacial score (nSPS) is 10.6. The van der Waals surface area contributed by atoms with Crippen molar-refractivity contribution in [1.29, 1.82) is 5.26 Å². The van der Waals surface area contributed by atoms with Gasteiger partial charge in [-0.1, -0.05) is 12.1 Å². The Hall–Kier alpha value is -2.07. The molecule has 2 aromatic carbocycles. The molecule has 5 heteroatoms. The molecular formula is C15H11IN4. The minimum Gasteiger partial charge on any atom is -0.399 e. The highest BCUT2D eigenvalue weighted by Gasteiger charge is 2.13. The molecule has 0 radical (unpaired) electrons. The van der Waals surface area contributed by atoms with Gasteiger partial charge in [0.25, 0.3) is 0 Å². The molecule has 0 amide bonds. The van der Waals surface area contributed by atoms with Gasteiger partial charge in [-0.05, 0) is 52.9 Å². The first-order chi connectivity index (χ1) is 9.70. The van der Waals surface area contributed by atoms with Crippen molar-refractivity contribution < 1.29 is 0 Å². The molecule has 1 aromatic heterocycles. The number of hydrogen-bond acceptors (Lipinski definition) is 3. The van der Waals surface area contributed by atoms with Crippen LogP contribution in [0.2, 0.25) is 0 Å². The number of halogens is 1. The molecule has 0 aliphatic rings. The summed E-state index contributed by atoms with van der Waals surface area (Å²) in [6.07, 6.45) is 0.273. The van der Waals surface area contributed by atoms with E-state index in [2.05, 4.69) is 33.6 Å². The number of nitrogens with zero attached hydrogens (tertiary/aromatic N) is 3. The Labute approximate surface area is 130 Å². The Morgan fingerprint density at radius 3 is 2.80 bits per heavy atom. The number of nitrogen functional groups attached to an aromatic ring is 1. The summed E-state index contributed by atoms with van der Waals surface area (Å²) < 4.78 is 3.06. The molecule has 0 saturated heterocycles. The average molecular weight is 374 g/mol. The van der Waals surface area contributed by atoms with Crippen LogP contribution in [0.25, 0.3) is 16.7 Å². The lowest BCUT2D eigenvalue weighted by molar-refractivity contribution is 0.950. The van der Waals surface area contributed by atoms with Crippen molar-refractivity contribution in [1.82, 2.24) is 9.55 Å². The van der Waals surface area contributed by atoms with Crippen LogP contribution in [-0.4, -0.2) is 9.55 Å². The number of hydrogen-bond donors (Lipinski definition) is 1. The van der Waals surface area contributed by atoms with Crippen LogP contribution in [0, 0.1) is 14.9 Å². The zero-order valence-corrected chi connectivity index (χ0v) is 12.7. The van der Waals surface area contributed by atoms with E-state index in [0.717, 1.165) is 31.8 Å². The molecule has 0 unspecified atom stereocenters. The summed E-state index contributed by atoms with van der Waals surface area (Å²) in [5.41, 5.74) is 9.43. The highest BCUT2D eigenvalue weighted by molar-refractivity contribution is 14.1. The Balaban J connectivity index is 2.33. The third kappa shape index (κ3) is 2.12. The maximum absolute atomic E-state index is 9.00. The lowest BCUT2D eigenvalue weighted by Gasteiger charge is -2.10. The van der Waals surface area contributed by atoms with E-state index in [4.69, 9.17) is 11.0 Å². The summed E-state index contributed by atoms with van der Waals surface area (Å²) in [7, 11) is 0. The van der Waals surface area contributed by atoms with Crippen LogP contribution in [0.15, 0.2) is 42.5 Å². The van der Waals surface area contributed by atoms with Crippen molar-refractivity contribution in [2.45, 2.75) is 6.42 Å². The number of nitrogens with two attached hydrogens (primary N) is 1. The predicted molar refractivity (Wildman–Crippen MR) is 87.5 cm³/mol. The summed E-state index contributed by atoms with van der Waals surface area (Å²) in [4.78, 5) is 4.55. The van der Waals surface area contributed by atoms with Gasteiger partial charge in [0, 0.05) is 9.26 Å². The zero-order chi connectivity index (χ0) is 14.1. The molecule has 1 heterocycles. The van der Waals surface area contributed by atoms with Gasteiger partial charge in [0.1, 0.15) is 5.82 Å². The highest BCUT2D eigenvalue weighted by Crippen LogP contribution is 2.26. The quantitative estimate of drug-likeness (QED) is 0.553. The van der Waals surface area contributed by atoms with Crippen molar-refractivity contribution in [3.05, 3.63) is 51.9 Å². The van der Waals surface area contributed by atoms with Gasteiger partial charge in [-0.3, -0.25) is 4.57 Å². The lowest BCUT2D eigenvalue weighted by atomic mass is 10.2. The smallest absolute Gasteiger partial charge is 0.128 e. The number of aromatic nitrogens is 2. The topological polar surface area (TPSA) is 67.6 Å². The summed E-state index contributed by atoms with van der Waals surface area (Å²) >= 11 is 2.25. The first kappa shape index (κ1) is 12.9. The van der Waals surface area contributed by atoms with Gasteiger partial charge in [-0.15, -0.1) is 0 Å². The molecule has 0 atom stereocenters. The highest BCUT2D eigenvalue weighted by atomic mass is 127. The standard InChI is InChI=1S/C15H11IN4/c16-11-9-10(18)5-6-13(11)20-14-4-2-1-3-12(14)19-15(20)7-8-17/h1-6,9H,7,18H2. The second-order valence-corrected chi connectivity index (χ2v) is 5.56. The molecule has 2 N–H and O–H groups in total. The van der Waals surface area contributed by atoms with Crippen molar-refractivity contribution in [3.63, 3.8) is 0 Å². The van der Waals surface area contributed by atoms with E-state index in [0.29, 0.717) is 0 Å². The van der Waals surface area contributed by atoms with Gasteiger partial charge in [0.2, 0.25) is 0 Å². The predicted octanol–water partition coefficient (Wildman–Crippen LogP) is 3.28. The number of rotatable bonds is 2. The van der Waals surface area contributed by atoms with Crippen LogP contribution in [0.1, 0.15) is 5.82 Å². The van der Waals surface area contributed by atoms with Gasteiger partial charge in [-0.25, -0.2) is 4.98 Å². The molecule has 3 aromatic rings. The SMILES string of the molecule is N#CCc1nc2ccccc2n1-c1ccc(N)cc1I. The summed E-state index contributed by atoms with van der Waals surface area (Å²) in [5, 5.41) is 9.00. The van der Waals surface area contributed by atoms with Crippen LogP contribution in [-0.2, 0) is 6.42 Å². The number of anilines is 1. The summed E-state index contributed by atoms with van der Waals surface area (Å²) in [5.74, 6) is 0.747. The first-order valence-electron chi connectivity index (χ1n) is 6.09. The summed E-state index contributed by atoms with van der Waals surface area (Å²) in [6, 6.07) is 15.8. The van der Waals surface area contributed by atoms with Crippen LogP contribution in [0.4, 0.5) is 5.69 Å². The van der Waals surface area contributed by atoms with E-state index in [9.17, 15) is 0 Å². The number of benzene rings is 2. The maximum Gasteiger partial charge on any atom is 0.128 e. The fraction of sp³-hybridized carbons (Fsp3) is 0.0667. The maximum atomic E-state index is 9.00. The largest absolute Gasteiger partial charge is 0.399 e. The van der Waals surface area contributed by atoms with Crippen LogP contribution in [0.5, 0.6) is 0 Å². The van der Waals surface area contributed by atoms with E-state index in [1.54, 1.807) is 0 Å². The van der Waals surface area contributed by atoms with Crippen LogP contribution in [0.3, 0.4) is 0 Å². The van der Waals surface area contributed by atoms with E-state index < -0.39 is 0 Å². The number of fused-ring (bicyclic) bond motifs is 1. The van der Waals surface area contributed by atoms with Gasteiger partial charge in [-0.2, -0.15) is 5.26 Å². The molecule has 3 rings (SSSR count). The van der Waals surface area contributed by atoms with E-state index in [1.165, 1.54) is 0 Å². The van der Waals surface area contributed by atoms with Crippen molar-refractivity contribution in [2.75, 3.05) is 5.73 Å². The second-order valence-electron chi connectivity index (χ2n) is 4.40. The Morgan fingerprint density at radius 1 is 1.25 bits per heavy atom. The molecule has 20 heavy (non-hydrogen) atoms. The molecule has 4 nitrogen and oxygen atoms in total. The van der Waals surface area contributed by atoms with Crippen LogP contribution >= 0.6 is 22.6 Å². The van der Waals surface area contributed by atoms with Gasteiger partial charge < -0.3 is 5.73 Å². The monoisotopic (exact) mass is 374 g/mol. The Bertz CT molecular complexity index is 829. The van der Waals surface area contributed by atoms with Crippen molar-refractivity contribution in [2.24, 2.45) is 0 Å². The lowest BCUT2D eigenvalue weighted by Crippen LogP contribution is -2.03. The third-order valence-electron chi connectivity index (χ3n) is 3.08. The molecule has 0 fully saturated rings. The van der Waals surface area contributed by atoms with Gasteiger partial charge >= 0.3 is 0 Å². The molecule has 0 saturated carbocycles.